The molecule has 5 nitrogen and oxygen atoms in total. The lowest BCUT2D eigenvalue weighted by Crippen LogP contribution is -2.08. The van der Waals surface area contributed by atoms with Crippen LogP contribution in [-0.4, -0.2) is 25.6 Å². The van der Waals surface area contributed by atoms with Crippen LogP contribution in [0.15, 0.2) is 18.2 Å². The van der Waals surface area contributed by atoms with Gasteiger partial charge in [0.2, 0.25) is 0 Å². The van der Waals surface area contributed by atoms with Crippen molar-refractivity contribution in [3.63, 3.8) is 0 Å². The zero-order chi connectivity index (χ0) is 11.5. The highest BCUT2D eigenvalue weighted by molar-refractivity contribution is 7.62. The Balaban J connectivity index is 3.27. The van der Waals surface area contributed by atoms with Crippen molar-refractivity contribution >= 4 is 19.2 Å². The van der Waals surface area contributed by atoms with Crippen LogP contribution in [0.1, 0.15) is 10.4 Å². The summed E-state index contributed by atoms with van der Waals surface area (Å²) < 4.78 is 21.3. The maximum absolute atomic E-state index is 11.9. The summed E-state index contributed by atoms with van der Waals surface area (Å²) in [5.74, 6) is -0.286. The number of carbonyl (C=O) groups excluding carboxylic acids is 1. The van der Waals surface area contributed by atoms with Crippen LogP contribution in [0.25, 0.3) is 0 Å². The lowest BCUT2D eigenvalue weighted by atomic mass is 10.2. The Bertz CT molecular complexity index is 407. The molecule has 0 spiro atoms. The van der Waals surface area contributed by atoms with Gasteiger partial charge in [0.05, 0.1) is 0 Å². The average Bonchev–Trinajstić information content (AvgIpc) is 2.27. The predicted octanol–water partition coefficient (Wildman–Crippen LogP) is 1.32. The maximum Gasteiger partial charge on any atom is 0.364 e. The number of phenolic OH excluding ortho intramolecular Hbond substituents is 1. The minimum atomic E-state index is -3.47. The molecule has 15 heavy (non-hydrogen) atoms. The molecule has 0 saturated heterocycles. The molecule has 0 radical (unpaired) electrons. The largest absolute Gasteiger partial charge is 0.507 e. The summed E-state index contributed by atoms with van der Waals surface area (Å²) in [6.45, 7) is 0. The molecule has 0 aliphatic carbocycles. The predicted molar refractivity (Wildman–Crippen MR) is 54.8 cm³/mol. The molecule has 1 aromatic carbocycles. The van der Waals surface area contributed by atoms with Gasteiger partial charge in [-0.2, -0.15) is 0 Å². The number of hydrogen-bond donors (Lipinski definition) is 1. The third-order valence-corrected chi connectivity index (χ3v) is 3.84. The highest BCUT2D eigenvalue weighted by Gasteiger charge is 2.27. The molecule has 1 aromatic rings. The average molecular weight is 230 g/mol. The van der Waals surface area contributed by atoms with Crippen LogP contribution in [0, 0.1) is 0 Å². The van der Waals surface area contributed by atoms with Gasteiger partial charge in [-0.3, -0.25) is 9.36 Å². The van der Waals surface area contributed by atoms with Gasteiger partial charge in [-0.25, -0.2) is 0 Å². The van der Waals surface area contributed by atoms with Gasteiger partial charge in [-0.15, -0.1) is 0 Å². The third-order valence-electron chi connectivity index (χ3n) is 1.91. The van der Waals surface area contributed by atoms with E-state index in [0.29, 0.717) is 6.29 Å². The molecule has 1 rings (SSSR count). The lowest BCUT2D eigenvalue weighted by Gasteiger charge is -2.14. The van der Waals surface area contributed by atoms with E-state index in [9.17, 15) is 14.5 Å². The molecular weight excluding hydrogens is 219 g/mol. The molecule has 6 heteroatoms. The normalized spacial score (nSPS) is 11.3. The second kappa shape index (κ2) is 4.57. The SMILES string of the molecule is COP(=O)(OC)c1ccc(C=O)cc1O. The zero-order valence-electron chi connectivity index (χ0n) is 8.34. The number of aldehydes is 1. The van der Waals surface area contributed by atoms with Gasteiger partial charge < -0.3 is 14.2 Å². The quantitative estimate of drug-likeness (QED) is 0.623. The molecule has 0 saturated carbocycles. The van der Waals surface area contributed by atoms with Crippen LogP contribution in [0.2, 0.25) is 0 Å². The number of phenols is 1. The van der Waals surface area contributed by atoms with E-state index < -0.39 is 7.60 Å². The molecule has 0 fully saturated rings. The van der Waals surface area contributed by atoms with E-state index in [1.165, 1.54) is 32.4 Å². The molecule has 0 amide bonds. The Morgan fingerprint density at radius 1 is 1.33 bits per heavy atom. The highest BCUT2D eigenvalue weighted by atomic mass is 31.2. The van der Waals surface area contributed by atoms with Crippen molar-refractivity contribution in [3.05, 3.63) is 23.8 Å². The van der Waals surface area contributed by atoms with Crippen molar-refractivity contribution in [1.82, 2.24) is 0 Å². The van der Waals surface area contributed by atoms with E-state index in [4.69, 9.17) is 9.05 Å². The summed E-state index contributed by atoms with van der Waals surface area (Å²) in [7, 11) is -1.03. The maximum atomic E-state index is 11.9. The minimum absolute atomic E-state index is 0.0399. The monoisotopic (exact) mass is 230 g/mol. The summed E-state index contributed by atoms with van der Waals surface area (Å²) in [4.78, 5) is 10.4. The summed E-state index contributed by atoms with van der Waals surface area (Å²) in [6.07, 6.45) is 0.577. The second-order valence-corrected chi connectivity index (χ2v) is 4.94. The van der Waals surface area contributed by atoms with E-state index in [1.807, 2.05) is 0 Å². The van der Waals surface area contributed by atoms with Gasteiger partial charge in [0, 0.05) is 19.8 Å². The number of hydrogen-bond acceptors (Lipinski definition) is 5. The molecule has 82 valence electrons. The number of carbonyl (C=O) groups is 1. The van der Waals surface area contributed by atoms with Crippen LogP contribution in [0.3, 0.4) is 0 Å². The fourth-order valence-electron chi connectivity index (χ4n) is 1.12. The van der Waals surface area contributed by atoms with Crippen molar-refractivity contribution in [2.24, 2.45) is 0 Å². The first-order valence-electron chi connectivity index (χ1n) is 4.07. The Morgan fingerprint density at radius 3 is 2.33 bits per heavy atom. The van der Waals surface area contributed by atoms with Crippen LogP contribution in [0.5, 0.6) is 5.75 Å². The standard InChI is InChI=1S/C9H11O5P/c1-13-15(12,14-2)9-4-3-7(6-10)5-8(9)11/h3-6,11H,1-2H3. The molecule has 0 bridgehead atoms. The van der Waals surface area contributed by atoms with Crippen molar-refractivity contribution in [3.8, 4) is 5.75 Å². The zero-order valence-corrected chi connectivity index (χ0v) is 9.23. The Labute approximate surface area is 87.2 Å². The van der Waals surface area contributed by atoms with Crippen LogP contribution in [0.4, 0.5) is 0 Å². The molecular formula is C9H11O5P. The van der Waals surface area contributed by atoms with E-state index in [2.05, 4.69) is 0 Å². The summed E-state index contributed by atoms with van der Waals surface area (Å²) in [6, 6.07) is 3.96. The van der Waals surface area contributed by atoms with E-state index in [0.717, 1.165) is 0 Å². The number of rotatable bonds is 4. The Hall–Kier alpha value is -1.16. The second-order valence-electron chi connectivity index (χ2n) is 2.73. The van der Waals surface area contributed by atoms with E-state index in [1.54, 1.807) is 0 Å². The molecule has 0 unspecified atom stereocenters. The fraction of sp³-hybridized carbons (Fsp3) is 0.222. The highest BCUT2D eigenvalue weighted by Crippen LogP contribution is 2.47. The minimum Gasteiger partial charge on any atom is -0.507 e. The van der Waals surface area contributed by atoms with Crippen LogP contribution in [-0.2, 0) is 13.6 Å². The topological polar surface area (TPSA) is 72.8 Å². The van der Waals surface area contributed by atoms with Gasteiger partial charge in [-0.05, 0) is 12.1 Å². The fourth-order valence-corrected chi connectivity index (χ4v) is 2.26. The van der Waals surface area contributed by atoms with E-state index >= 15 is 0 Å². The van der Waals surface area contributed by atoms with Crippen molar-refractivity contribution in [1.29, 1.82) is 0 Å². The molecule has 0 aromatic heterocycles. The smallest absolute Gasteiger partial charge is 0.364 e. The van der Waals surface area contributed by atoms with Gasteiger partial charge >= 0.3 is 7.60 Å². The van der Waals surface area contributed by atoms with Gasteiger partial charge in [-0.1, -0.05) is 6.07 Å². The van der Waals surface area contributed by atoms with E-state index in [-0.39, 0.29) is 16.6 Å². The molecule has 0 atom stereocenters. The van der Waals surface area contributed by atoms with Crippen LogP contribution < -0.4 is 5.30 Å². The first-order valence-corrected chi connectivity index (χ1v) is 5.62. The summed E-state index contributed by atoms with van der Waals surface area (Å²) in [5.41, 5.74) is 0.287. The van der Waals surface area contributed by atoms with Gasteiger partial charge in [0.1, 0.15) is 17.3 Å². The Kier molecular flexibility index (Phi) is 3.63. The van der Waals surface area contributed by atoms with Crippen molar-refractivity contribution in [2.75, 3.05) is 14.2 Å². The third kappa shape index (κ3) is 2.26. The molecule has 0 heterocycles. The number of benzene rings is 1. The number of aromatic hydroxyl groups is 1. The lowest BCUT2D eigenvalue weighted by molar-refractivity contribution is 0.112. The molecule has 0 aliphatic heterocycles. The van der Waals surface area contributed by atoms with Crippen LogP contribution >= 0.6 is 7.60 Å². The van der Waals surface area contributed by atoms with Gasteiger partial charge in [0.15, 0.2) is 0 Å². The summed E-state index contributed by atoms with van der Waals surface area (Å²) in [5, 5.41) is 9.57. The first-order chi connectivity index (χ1) is 7.07. The van der Waals surface area contributed by atoms with Gasteiger partial charge in [0.25, 0.3) is 0 Å². The summed E-state index contributed by atoms with van der Waals surface area (Å²) >= 11 is 0. The first kappa shape index (κ1) is 11.9. The van der Waals surface area contributed by atoms with Crippen molar-refractivity contribution in [2.45, 2.75) is 0 Å². The van der Waals surface area contributed by atoms with Crippen molar-refractivity contribution < 1.29 is 23.5 Å². The Morgan fingerprint density at radius 2 is 1.93 bits per heavy atom. The molecule has 0 aliphatic rings. The molecule has 1 N–H and O–H groups in total.